The average molecular weight is 352 g/mol. The summed E-state index contributed by atoms with van der Waals surface area (Å²) in [7, 11) is -3.49. The Morgan fingerprint density at radius 1 is 1.00 bits per heavy atom. The molecule has 2 aromatic carbocycles. The first kappa shape index (κ1) is 16.3. The topological polar surface area (TPSA) is 46.6 Å². The van der Waals surface area contributed by atoms with Crippen molar-refractivity contribution in [2.75, 3.05) is 13.1 Å². The van der Waals surface area contributed by atoms with E-state index in [2.05, 4.69) is 0 Å². The molecule has 0 spiro atoms. The van der Waals surface area contributed by atoms with E-state index in [0.717, 1.165) is 5.75 Å². The lowest BCUT2D eigenvalue weighted by Gasteiger charge is -2.31. The van der Waals surface area contributed by atoms with E-state index < -0.39 is 10.0 Å². The Balaban J connectivity index is 1.64. The second-order valence-corrected chi connectivity index (χ2v) is 7.87. The third-order valence-corrected chi connectivity index (χ3v) is 6.01. The molecule has 0 radical (unpaired) electrons. The number of hydrogen-bond donors (Lipinski definition) is 0. The second-order valence-electron chi connectivity index (χ2n) is 5.49. The van der Waals surface area contributed by atoms with Crippen LogP contribution in [0, 0.1) is 0 Å². The third-order valence-electron chi connectivity index (χ3n) is 3.88. The van der Waals surface area contributed by atoms with E-state index in [0.29, 0.717) is 31.0 Å². The molecule has 0 aliphatic carbocycles. The van der Waals surface area contributed by atoms with Crippen molar-refractivity contribution >= 4 is 21.6 Å². The van der Waals surface area contributed by atoms with Crippen molar-refractivity contribution in [3.05, 3.63) is 59.6 Å². The zero-order valence-corrected chi connectivity index (χ0v) is 14.1. The van der Waals surface area contributed by atoms with Crippen LogP contribution in [-0.2, 0) is 10.0 Å². The number of para-hydroxylation sites is 1. The van der Waals surface area contributed by atoms with Crippen molar-refractivity contribution in [2.24, 2.45) is 0 Å². The highest BCUT2D eigenvalue weighted by atomic mass is 35.5. The van der Waals surface area contributed by atoms with Crippen molar-refractivity contribution in [3.8, 4) is 5.75 Å². The number of halogens is 1. The molecule has 4 nitrogen and oxygen atoms in total. The van der Waals surface area contributed by atoms with Gasteiger partial charge in [-0.3, -0.25) is 0 Å². The predicted octanol–water partition coefficient (Wildman–Crippen LogP) is 3.57. The molecule has 0 saturated carbocycles. The van der Waals surface area contributed by atoms with Crippen molar-refractivity contribution < 1.29 is 13.2 Å². The molecule has 3 rings (SSSR count). The Morgan fingerprint density at radius 3 is 2.35 bits per heavy atom. The van der Waals surface area contributed by atoms with Crippen LogP contribution in [0.4, 0.5) is 0 Å². The first-order valence-electron chi connectivity index (χ1n) is 7.53. The van der Waals surface area contributed by atoms with Crippen LogP contribution >= 0.6 is 11.6 Å². The van der Waals surface area contributed by atoms with Gasteiger partial charge in [-0.05, 0) is 43.2 Å². The lowest BCUT2D eigenvalue weighted by Crippen LogP contribution is -2.41. The Labute approximate surface area is 141 Å². The van der Waals surface area contributed by atoms with Gasteiger partial charge >= 0.3 is 0 Å². The molecule has 0 N–H and O–H groups in total. The summed E-state index contributed by atoms with van der Waals surface area (Å²) in [5, 5.41) is 0.424. The van der Waals surface area contributed by atoms with Gasteiger partial charge in [0.25, 0.3) is 0 Å². The summed E-state index contributed by atoms with van der Waals surface area (Å²) in [5.41, 5.74) is 0. The molecule has 0 bridgehead atoms. The number of hydrogen-bond acceptors (Lipinski definition) is 3. The summed E-state index contributed by atoms with van der Waals surface area (Å²) in [4.78, 5) is 0.243. The van der Waals surface area contributed by atoms with Crippen LogP contribution in [0.1, 0.15) is 12.8 Å². The Kier molecular flexibility index (Phi) is 4.90. The maximum Gasteiger partial charge on any atom is 0.243 e. The Hall–Kier alpha value is -1.56. The highest BCUT2D eigenvalue weighted by molar-refractivity contribution is 7.89. The monoisotopic (exact) mass is 351 g/mol. The van der Waals surface area contributed by atoms with Crippen LogP contribution in [0.5, 0.6) is 5.75 Å². The van der Waals surface area contributed by atoms with Gasteiger partial charge in [0.15, 0.2) is 0 Å². The number of benzene rings is 2. The number of sulfonamides is 1. The molecule has 6 heteroatoms. The van der Waals surface area contributed by atoms with Crippen molar-refractivity contribution in [3.63, 3.8) is 0 Å². The van der Waals surface area contributed by atoms with E-state index in [9.17, 15) is 8.42 Å². The van der Waals surface area contributed by atoms with Gasteiger partial charge < -0.3 is 4.74 Å². The largest absolute Gasteiger partial charge is 0.490 e. The van der Waals surface area contributed by atoms with Crippen LogP contribution in [0.2, 0.25) is 5.02 Å². The van der Waals surface area contributed by atoms with Gasteiger partial charge in [0.2, 0.25) is 10.0 Å². The minimum Gasteiger partial charge on any atom is -0.490 e. The zero-order chi connectivity index (χ0) is 16.3. The molecule has 23 heavy (non-hydrogen) atoms. The zero-order valence-electron chi connectivity index (χ0n) is 12.6. The van der Waals surface area contributed by atoms with Gasteiger partial charge in [0.1, 0.15) is 11.9 Å². The van der Waals surface area contributed by atoms with Gasteiger partial charge in [-0.2, -0.15) is 4.31 Å². The van der Waals surface area contributed by atoms with Crippen LogP contribution in [0.25, 0.3) is 0 Å². The Bertz CT molecular complexity index is 756. The smallest absolute Gasteiger partial charge is 0.243 e. The molecule has 0 amide bonds. The molecular formula is C17H18ClNO3S. The SMILES string of the molecule is O=S(=O)(c1cccc(Cl)c1)N1CCC(Oc2ccccc2)CC1. The van der Waals surface area contributed by atoms with Crippen molar-refractivity contribution in [1.29, 1.82) is 0 Å². The van der Waals surface area contributed by atoms with E-state index in [1.165, 1.54) is 10.4 Å². The minimum absolute atomic E-state index is 0.0446. The van der Waals surface area contributed by atoms with Gasteiger partial charge in [0, 0.05) is 18.1 Å². The van der Waals surface area contributed by atoms with Crippen molar-refractivity contribution in [1.82, 2.24) is 4.31 Å². The first-order valence-corrected chi connectivity index (χ1v) is 9.35. The molecule has 1 fully saturated rings. The molecule has 0 atom stereocenters. The van der Waals surface area contributed by atoms with Crippen LogP contribution < -0.4 is 4.74 Å². The summed E-state index contributed by atoms with van der Waals surface area (Å²) in [6.07, 6.45) is 1.40. The number of nitrogens with zero attached hydrogens (tertiary/aromatic N) is 1. The second kappa shape index (κ2) is 6.91. The predicted molar refractivity (Wildman–Crippen MR) is 90.3 cm³/mol. The molecule has 1 aliphatic rings. The fourth-order valence-electron chi connectivity index (χ4n) is 2.66. The van der Waals surface area contributed by atoms with E-state index in [-0.39, 0.29) is 11.0 Å². The number of rotatable bonds is 4. The molecule has 2 aromatic rings. The van der Waals surface area contributed by atoms with Gasteiger partial charge in [0.05, 0.1) is 4.90 Å². The lowest BCUT2D eigenvalue weighted by atomic mass is 10.1. The van der Waals surface area contributed by atoms with Crippen molar-refractivity contribution in [2.45, 2.75) is 23.8 Å². The molecule has 122 valence electrons. The van der Waals surface area contributed by atoms with Crippen LogP contribution in [0.3, 0.4) is 0 Å². The Morgan fingerprint density at radius 2 is 1.70 bits per heavy atom. The normalized spacial score (nSPS) is 17.1. The maximum atomic E-state index is 12.6. The van der Waals surface area contributed by atoms with Gasteiger partial charge in [-0.1, -0.05) is 35.9 Å². The minimum atomic E-state index is -3.49. The van der Waals surface area contributed by atoms with E-state index in [1.807, 2.05) is 30.3 Å². The molecule has 0 unspecified atom stereocenters. The molecule has 1 heterocycles. The molecule has 1 aliphatic heterocycles. The highest BCUT2D eigenvalue weighted by Crippen LogP contribution is 2.25. The lowest BCUT2D eigenvalue weighted by molar-refractivity contribution is 0.135. The van der Waals surface area contributed by atoms with E-state index in [4.69, 9.17) is 16.3 Å². The summed E-state index contributed by atoms with van der Waals surface area (Å²) in [5.74, 6) is 0.823. The summed E-state index contributed by atoms with van der Waals surface area (Å²) in [6.45, 7) is 0.901. The van der Waals surface area contributed by atoms with Gasteiger partial charge in [-0.25, -0.2) is 8.42 Å². The van der Waals surface area contributed by atoms with E-state index >= 15 is 0 Å². The maximum absolute atomic E-state index is 12.6. The number of ether oxygens (including phenoxy) is 1. The first-order chi connectivity index (χ1) is 11.1. The average Bonchev–Trinajstić information content (AvgIpc) is 2.56. The van der Waals surface area contributed by atoms with Gasteiger partial charge in [-0.15, -0.1) is 0 Å². The molecular weight excluding hydrogens is 334 g/mol. The van der Waals surface area contributed by atoms with E-state index in [1.54, 1.807) is 18.2 Å². The standard InChI is InChI=1S/C17H18ClNO3S/c18-14-5-4-8-17(13-14)23(20,21)19-11-9-16(10-12-19)22-15-6-2-1-3-7-15/h1-8,13,16H,9-12H2. The molecule has 1 saturated heterocycles. The summed E-state index contributed by atoms with van der Waals surface area (Å²) >= 11 is 5.90. The quantitative estimate of drug-likeness (QED) is 0.846. The highest BCUT2D eigenvalue weighted by Gasteiger charge is 2.30. The summed E-state index contributed by atoms with van der Waals surface area (Å²) in [6, 6.07) is 16.0. The fraction of sp³-hybridized carbons (Fsp3) is 0.294. The summed E-state index contributed by atoms with van der Waals surface area (Å²) < 4.78 is 32.7. The third kappa shape index (κ3) is 3.86. The fourth-order valence-corrected chi connectivity index (χ4v) is 4.43. The molecule has 0 aromatic heterocycles. The van der Waals surface area contributed by atoms with Crippen LogP contribution in [-0.4, -0.2) is 31.9 Å². The number of piperidine rings is 1. The van der Waals surface area contributed by atoms with Crippen LogP contribution in [0.15, 0.2) is 59.5 Å².